The van der Waals surface area contributed by atoms with Crippen molar-refractivity contribution in [3.63, 3.8) is 0 Å². The van der Waals surface area contributed by atoms with E-state index in [1.807, 2.05) is 17.5 Å². The lowest BCUT2D eigenvalue weighted by Crippen LogP contribution is -2.23. The Morgan fingerprint density at radius 1 is 1.17 bits per heavy atom. The van der Waals surface area contributed by atoms with Crippen LogP contribution in [0.2, 0.25) is 0 Å². The van der Waals surface area contributed by atoms with Gasteiger partial charge in [0.1, 0.15) is 21.6 Å². The zero-order valence-corrected chi connectivity index (χ0v) is 17.4. The molecule has 0 unspecified atom stereocenters. The molecule has 10 heteroatoms. The Hall–Kier alpha value is -2.30. The molecule has 0 spiro atoms. The van der Waals surface area contributed by atoms with Crippen LogP contribution in [0.15, 0.2) is 64.0 Å². The molecule has 29 heavy (non-hydrogen) atoms. The molecule has 1 amide bonds. The second-order valence-electron chi connectivity index (χ2n) is 5.86. The van der Waals surface area contributed by atoms with Crippen molar-refractivity contribution in [3.8, 4) is 0 Å². The summed E-state index contributed by atoms with van der Waals surface area (Å²) in [6, 6.07) is 9.37. The van der Waals surface area contributed by atoms with Crippen LogP contribution in [0.25, 0.3) is 0 Å². The van der Waals surface area contributed by atoms with Gasteiger partial charge in [0.15, 0.2) is 9.84 Å². The number of thioether (sulfide) groups is 1. The predicted octanol–water partition coefficient (Wildman–Crippen LogP) is 3.92. The van der Waals surface area contributed by atoms with E-state index >= 15 is 0 Å². The first kappa shape index (κ1) is 21.4. The minimum atomic E-state index is -3.94. The van der Waals surface area contributed by atoms with Crippen LogP contribution in [0.3, 0.4) is 0 Å². The minimum absolute atomic E-state index is 0.0569. The van der Waals surface area contributed by atoms with Gasteiger partial charge in [0.2, 0.25) is 0 Å². The highest BCUT2D eigenvalue weighted by Crippen LogP contribution is 2.23. The van der Waals surface area contributed by atoms with Gasteiger partial charge in [0, 0.05) is 22.9 Å². The molecule has 3 aromatic rings. The lowest BCUT2D eigenvalue weighted by molar-refractivity contribution is 0.0947. The quantitative estimate of drug-likeness (QED) is 0.413. The maximum atomic E-state index is 13.8. The summed E-state index contributed by atoms with van der Waals surface area (Å²) in [6.45, 7) is 0.383. The first-order valence-electron chi connectivity index (χ1n) is 8.43. The first-order valence-corrected chi connectivity index (χ1v) is 11.9. The number of nitrogens with one attached hydrogen (secondary N) is 1. The molecular formula is C19H16F2N2O3S3. The Kier molecular flexibility index (Phi) is 6.99. The molecule has 2 aromatic heterocycles. The van der Waals surface area contributed by atoms with Crippen molar-refractivity contribution < 1.29 is 22.0 Å². The molecule has 0 saturated heterocycles. The Morgan fingerprint density at radius 3 is 2.72 bits per heavy atom. The lowest BCUT2D eigenvalue weighted by Gasteiger charge is -2.09. The third kappa shape index (κ3) is 5.62. The molecule has 0 atom stereocenters. The molecule has 1 aromatic carbocycles. The smallest absolute Gasteiger partial charge is 0.254 e. The number of hydrogen-bond acceptors (Lipinski definition) is 6. The van der Waals surface area contributed by atoms with Crippen molar-refractivity contribution in [3.05, 3.63) is 76.1 Å². The van der Waals surface area contributed by atoms with E-state index in [0.29, 0.717) is 23.2 Å². The Bertz CT molecular complexity index is 1100. The van der Waals surface area contributed by atoms with Crippen LogP contribution in [0.5, 0.6) is 0 Å². The van der Waals surface area contributed by atoms with Crippen molar-refractivity contribution in [2.75, 3.05) is 11.5 Å². The molecule has 0 aliphatic carbocycles. The summed E-state index contributed by atoms with van der Waals surface area (Å²) in [6.07, 6.45) is 1.51. The number of pyridine rings is 1. The van der Waals surface area contributed by atoms with Gasteiger partial charge in [0.05, 0.1) is 17.9 Å². The standard InChI is InChI=1S/C19H16F2N2O3S3/c20-13-5-6-17(16(21)11-13)29(25,26)10-9-28-19-15(4-1-7-22-19)18(24)23-12-14-3-2-8-27-14/h1-8,11H,9-10,12H2,(H,23,24). The summed E-state index contributed by atoms with van der Waals surface area (Å²) in [5, 5.41) is 5.10. The van der Waals surface area contributed by atoms with E-state index in [1.165, 1.54) is 17.5 Å². The van der Waals surface area contributed by atoms with Crippen molar-refractivity contribution in [1.82, 2.24) is 10.3 Å². The van der Waals surface area contributed by atoms with Crippen molar-refractivity contribution >= 4 is 38.8 Å². The molecule has 0 bridgehead atoms. The molecule has 0 radical (unpaired) electrons. The van der Waals surface area contributed by atoms with E-state index in [-0.39, 0.29) is 17.4 Å². The van der Waals surface area contributed by atoms with Gasteiger partial charge in [-0.15, -0.1) is 23.1 Å². The fourth-order valence-corrected chi connectivity index (χ4v) is 5.79. The van der Waals surface area contributed by atoms with E-state index in [2.05, 4.69) is 10.3 Å². The van der Waals surface area contributed by atoms with Gasteiger partial charge >= 0.3 is 0 Å². The van der Waals surface area contributed by atoms with Crippen LogP contribution in [-0.4, -0.2) is 30.8 Å². The highest BCUT2D eigenvalue weighted by Gasteiger charge is 2.20. The summed E-state index contributed by atoms with van der Waals surface area (Å²) in [5.74, 6) is -2.61. The van der Waals surface area contributed by atoms with Crippen LogP contribution in [0.4, 0.5) is 8.78 Å². The third-order valence-electron chi connectivity index (χ3n) is 3.84. The predicted molar refractivity (Wildman–Crippen MR) is 109 cm³/mol. The van der Waals surface area contributed by atoms with Crippen LogP contribution in [-0.2, 0) is 16.4 Å². The van der Waals surface area contributed by atoms with Gasteiger partial charge < -0.3 is 5.32 Å². The molecule has 3 rings (SSSR count). The van der Waals surface area contributed by atoms with Gasteiger partial charge in [-0.2, -0.15) is 0 Å². The number of amides is 1. The number of benzene rings is 1. The van der Waals surface area contributed by atoms with Crippen LogP contribution < -0.4 is 5.32 Å². The molecule has 0 aliphatic rings. The molecule has 0 aliphatic heterocycles. The van der Waals surface area contributed by atoms with Gasteiger partial charge in [-0.25, -0.2) is 22.2 Å². The van der Waals surface area contributed by atoms with Crippen LogP contribution in [0, 0.1) is 11.6 Å². The topological polar surface area (TPSA) is 76.1 Å². The van der Waals surface area contributed by atoms with Gasteiger partial charge in [-0.05, 0) is 35.7 Å². The number of hydrogen-bond donors (Lipinski definition) is 1. The molecule has 2 heterocycles. The highest BCUT2D eigenvalue weighted by atomic mass is 32.2. The van der Waals surface area contributed by atoms with Crippen molar-refractivity contribution in [1.29, 1.82) is 0 Å². The molecule has 152 valence electrons. The van der Waals surface area contributed by atoms with E-state index in [0.717, 1.165) is 28.8 Å². The van der Waals surface area contributed by atoms with Crippen LogP contribution in [0.1, 0.15) is 15.2 Å². The largest absolute Gasteiger partial charge is 0.347 e. The van der Waals surface area contributed by atoms with Crippen molar-refractivity contribution in [2.24, 2.45) is 0 Å². The molecule has 0 saturated carbocycles. The zero-order valence-electron chi connectivity index (χ0n) is 15.0. The van der Waals surface area contributed by atoms with E-state index in [4.69, 9.17) is 0 Å². The fourth-order valence-electron chi connectivity index (χ4n) is 2.44. The summed E-state index contributed by atoms with van der Waals surface area (Å²) in [5.41, 5.74) is 0.333. The van der Waals surface area contributed by atoms with Gasteiger partial charge in [-0.3, -0.25) is 4.79 Å². The van der Waals surface area contributed by atoms with Gasteiger partial charge in [0.25, 0.3) is 5.91 Å². The normalized spacial score (nSPS) is 11.4. The second-order valence-corrected chi connectivity index (χ2v) is 10.1. The maximum Gasteiger partial charge on any atom is 0.254 e. The lowest BCUT2D eigenvalue weighted by atomic mass is 10.2. The summed E-state index contributed by atoms with van der Waals surface area (Å²) in [7, 11) is -3.94. The number of carbonyl (C=O) groups is 1. The highest BCUT2D eigenvalue weighted by molar-refractivity contribution is 8.00. The molecule has 0 fully saturated rings. The Balaban J connectivity index is 1.64. The average Bonchev–Trinajstić information content (AvgIpc) is 3.19. The number of halogens is 2. The Morgan fingerprint density at radius 2 is 2.00 bits per heavy atom. The molecular weight excluding hydrogens is 438 g/mol. The average molecular weight is 455 g/mol. The van der Waals surface area contributed by atoms with Crippen molar-refractivity contribution in [2.45, 2.75) is 16.5 Å². The van der Waals surface area contributed by atoms with Gasteiger partial charge in [-0.1, -0.05) is 6.07 Å². The maximum absolute atomic E-state index is 13.8. The molecule has 1 N–H and O–H groups in total. The number of nitrogens with zero attached hydrogens (tertiary/aromatic N) is 1. The fraction of sp³-hybridized carbons (Fsp3) is 0.158. The van der Waals surface area contributed by atoms with E-state index in [1.54, 1.807) is 12.1 Å². The number of aromatic nitrogens is 1. The summed E-state index contributed by atoms with van der Waals surface area (Å²) in [4.78, 5) is 17.1. The van der Waals surface area contributed by atoms with Crippen LogP contribution >= 0.6 is 23.1 Å². The van der Waals surface area contributed by atoms with E-state index < -0.39 is 26.4 Å². The second kappa shape index (κ2) is 9.47. The molecule has 5 nitrogen and oxygen atoms in total. The number of rotatable bonds is 8. The SMILES string of the molecule is O=C(NCc1cccs1)c1cccnc1SCCS(=O)(=O)c1ccc(F)cc1F. The number of sulfone groups is 1. The number of thiophene rings is 1. The number of carbonyl (C=O) groups excluding carboxylic acids is 1. The van der Waals surface area contributed by atoms with E-state index in [9.17, 15) is 22.0 Å². The third-order valence-corrected chi connectivity index (χ3v) is 7.72. The zero-order chi connectivity index (χ0) is 20.9. The summed E-state index contributed by atoms with van der Waals surface area (Å²) < 4.78 is 51.4. The first-order chi connectivity index (χ1) is 13.9. The Labute approximate surface area is 175 Å². The summed E-state index contributed by atoms with van der Waals surface area (Å²) >= 11 is 2.61. The minimum Gasteiger partial charge on any atom is -0.347 e. The monoisotopic (exact) mass is 454 g/mol.